The van der Waals surface area contributed by atoms with Gasteiger partial charge in [0.25, 0.3) is 15.9 Å². The molecule has 2 aromatic rings. The van der Waals surface area contributed by atoms with Gasteiger partial charge < -0.3 is 0 Å². The Hall–Kier alpha value is -2.46. The molecule has 4 rings (SSSR count). The van der Waals surface area contributed by atoms with Gasteiger partial charge in [0.2, 0.25) is 5.95 Å². The topological polar surface area (TPSA) is 106 Å². The van der Waals surface area contributed by atoms with Crippen LogP contribution in [0.5, 0.6) is 0 Å². The van der Waals surface area contributed by atoms with Crippen molar-refractivity contribution in [1.82, 2.24) is 19.8 Å². The number of rotatable bonds is 1. The number of aromatic nitrogens is 3. The third kappa shape index (κ3) is 2.43. The highest BCUT2D eigenvalue weighted by atomic mass is 32.2. The van der Waals surface area contributed by atoms with Gasteiger partial charge in [-0.15, -0.1) is 0 Å². The minimum atomic E-state index is -3.80. The fourth-order valence-corrected chi connectivity index (χ4v) is 3.98. The monoisotopic (exact) mass is 349 g/mol. The average Bonchev–Trinajstić information content (AvgIpc) is 2.85. The molecular formula is C14H15N5O4S. The van der Waals surface area contributed by atoms with Crippen LogP contribution in [0.1, 0.15) is 29.6 Å². The zero-order valence-electron chi connectivity index (χ0n) is 12.7. The molecule has 1 aromatic carbocycles. The Kier molecular flexibility index (Phi) is 3.50. The van der Waals surface area contributed by atoms with Gasteiger partial charge in [0, 0.05) is 12.1 Å². The second kappa shape index (κ2) is 5.56. The minimum Gasteiger partial charge on any atom is -0.271 e. The Bertz CT molecular complexity index is 900. The molecule has 0 unspecified atom stereocenters. The number of fused-ring (bicyclic) bond motifs is 3. The first-order valence-electron chi connectivity index (χ1n) is 7.58. The number of sulfonamides is 1. The first kappa shape index (κ1) is 15.1. The minimum absolute atomic E-state index is 0.0128. The van der Waals surface area contributed by atoms with Crippen LogP contribution in [0.3, 0.4) is 0 Å². The number of amides is 1. The SMILES string of the molecule is O=C(c1ccc2c(c1)S(=O)(=O)Nc1ncnn1-2)N1CCCCCO1. The highest BCUT2D eigenvalue weighted by molar-refractivity contribution is 7.93. The van der Waals surface area contributed by atoms with Crippen molar-refractivity contribution in [3.05, 3.63) is 30.1 Å². The van der Waals surface area contributed by atoms with Gasteiger partial charge in [-0.05, 0) is 37.5 Å². The van der Waals surface area contributed by atoms with Crippen LogP contribution in [-0.4, -0.2) is 47.3 Å². The van der Waals surface area contributed by atoms with E-state index < -0.39 is 10.0 Å². The summed E-state index contributed by atoms with van der Waals surface area (Å²) in [5, 5.41) is 5.30. The Morgan fingerprint density at radius 3 is 3.00 bits per heavy atom. The Morgan fingerprint density at radius 1 is 1.25 bits per heavy atom. The molecular weight excluding hydrogens is 334 g/mol. The summed E-state index contributed by atoms with van der Waals surface area (Å²) in [5.41, 5.74) is 0.610. The fourth-order valence-electron chi connectivity index (χ4n) is 2.78. The molecule has 1 saturated heterocycles. The number of nitrogens with zero attached hydrogens (tertiary/aromatic N) is 4. The maximum absolute atomic E-state index is 12.6. The molecule has 1 fully saturated rings. The van der Waals surface area contributed by atoms with E-state index in [9.17, 15) is 13.2 Å². The average molecular weight is 349 g/mol. The van der Waals surface area contributed by atoms with Gasteiger partial charge in [0.15, 0.2) is 0 Å². The molecule has 3 heterocycles. The van der Waals surface area contributed by atoms with Crippen molar-refractivity contribution in [2.75, 3.05) is 17.9 Å². The summed E-state index contributed by atoms with van der Waals surface area (Å²) in [7, 11) is -3.80. The van der Waals surface area contributed by atoms with Crippen molar-refractivity contribution in [2.24, 2.45) is 0 Å². The van der Waals surface area contributed by atoms with E-state index in [1.54, 1.807) is 12.1 Å². The van der Waals surface area contributed by atoms with Crippen LogP contribution < -0.4 is 4.72 Å². The van der Waals surface area contributed by atoms with Gasteiger partial charge in [-0.3, -0.25) is 9.63 Å². The maximum Gasteiger partial charge on any atom is 0.277 e. The summed E-state index contributed by atoms with van der Waals surface area (Å²) in [5.74, 6) is -0.225. The summed E-state index contributed by atoms with van der Waals surface area (Å²) in [4.78, 5) is 21.9. The van der Waals surface area contributed by atoms with Crippen molar-refractivity contribution < 1.29 is 18.0 Å². The Balaban J connectivity index is 1.74. The lowest BCUT2D eigenvalue weighted by atomic mass is 10.2. The molecule has 1 amide bonds. The molecule has 126 valence electrons. The molecule has 9 nitrogen and oxygen atoms in total. The van der Waals surface area contributed by atoms with Crippen molar-refractivity contribution in [3.8, 4) is 5.69 Å². The largest absolute Gasteiger partial charge is 0.277 e. The number of anilines is 1. The van der Waals surface area contributed by atoms with Crippen LogP contribution in [0.2, 0.25) is 0 Å². The molecule has 2 aliphatic heterocycles. The lowest BCUT2D eigenvalue weighted by molar-refractivity contribution is -0.115. The van der Waals surface area contributed by atoms with E-state index in [2.05, 4.69) is 14.8 Å². The molecule has 0 saturated carbocycles. The van der Waals surface area contributed by atoms with E-state index in [1.165, 1.54) is 22.1 Å². The predicted octanol–water partition coefficient (Wildman–Crippen LogP) is 0.939. The lowest BCUT2D eigenvalue weighted by Gasteiger charge is -2.22. The number of benzene rings is 1. The van der Waals surface area contributed by atoms with E-state index in [0.717, 1.165) is 19.3 Å². The van der Waals surface area contributed by atoms with Crippen molar-refractivity contribution >= 4 is 21.9 Å². The molecule has 24 heavy (non-hydrogen) atoms. The molecule has 0 atom stereocenters. The first-order valence-corrected chi connectivity index (χ1v) is 9.07. The molecule has 0 radical (unpaired) electrons. The third-order valence-corrected chi connectivity index (χ3v) is 5.33. The summed E-state index contributed by atoms with van der Waals surface area (Å²) in [6.45, 7) is 0.979. The number of carbonyl (C=O) groups is 1. The highest BCUT2D eigenvalue weighted by Gasteiger charge is 2.30. The van der Waals surface area contributed by atoms with Crippen LogP contribution in [0.4, 0.5) is 5.95 Å². The fraction of sp³-hybridized carbons (Fsp3) is 0.357. The van der Waals surface area contributed by atoms with Crippen LogP contribution in [0, 0.1) is 0 Å². The molecule has 0 aliphatic carbocycles. The summed E-state index contributed by atoms with van der Waals surface area (Å²) >= 11 is 0. The van der Waals surface area contributed by atoms with Gasteiger partial charge in [0.1, 0.15) is 11.2 Å². The van der Waals surface area contributed by atoms with Crippen LogP contribution in [-0.2, 0) is 14.9 Å². The third-order valence-electron chi connectivity index (χ3n) is 3.98. The number of carbonyl (C=O) groups excluding carboxylic acids is 1. The predicted molar refractivity (Wildman–Crippen MR) is 83.0 cm³/mol. The molecule has 0 spiro atoms. The van der Waals surface area contributed by atoms with Crippen LogP contribution >= 0.6 is 0 Å². The molecule has 10 heteroatoms. The highest BCUT2D eigenvalue weighted by Crippen LogP contribution is 2.30. The van der Waals surface area contributed by atoms with Crippen molar-refractivity contribution in [2.45, 2.75) is 24.2 Å². The summed E-state index contributed by atoms with van der Waals surface area (Å²) in [6, 6.07) is 4.47. The molecule has 1 N–H and O–H groups in total. The van der Waals surface area contributed by atoms with E-state index in [0.29, 0.717) is 18.8 Å². The van der Waals surface area contributed by atoms with E-state index in [-0.39, 0.29) is 22.3 Å². The van der Waals surface area contributed by atoms with Gasteiger partial charge in [-0.1, -0.05) is 0 Å². The number of hydrogen-bond donors (Lipinski definition) is 1. The normalized spacial score (nSPS) is 18.9. The summed E-state index contributed by atoms with van der Waals surface area (Å²) in [6.07, 6.45) is 4.03. The maximum atomic E-state index is 12.6. The van der Waals surface area contributed by atoms with E-state index in [4.69, 9.17) is 4.84 Å². The van der Waals surface area contributed by atoms with Crippen LogP contribution in [0.15, 0.2) is 29.4 Å². The van der Waals surface area contributed by atoms with Gasteiger partial charge in [-0.25, -0.2) is 18.2 Å². The van der Waals surface area contributed by atoms with E-state index >= 15 is 0 Å². The van der Waals surface area contributed by atoms with Gasteiger partial charge in [0.05, 0.1) is 12.3 Å². The second-order valence-electron chi connectivity index (χ2n) is 5.58. The summed E-state index contributed by atoms with van der Waals surface area (Å²) < 4.78 is 28.5. The van der Waals surface area contributed by atoms with Crippen molar-refractivity contribution in [3.63, 3.8) is 0 Å². The van der Waals surface area contributed by atoms with Crippen molar-refractivity contribution in [1.29, 1.82) is 0 Å². The first-order chi connectivity index (χ1) is 11.6. The Morgan fingerprint density at radius 2 is 2.12 bits per heavy atom. The lowest BCUT2D eigenvalue weighted by Crippen LogP contribution is -2.32. The standard InChI is InChI=1S/C14H15N5O4S/c20-13(18-6-2-1-3-7-23-18)10-4-5-11-12(8-10)24(21,22)17-14-15-9-16-19(11)14/h4-5,8-9H,1-3,6-7H2,(H,15,16,17). The number of nitrogens with one attached hydrogen (secondary N) is 1. The number of hydrogen-bond acceptors (Lipinski definition) is 6. The smallest absolute Gasteiger partial charge is 0.271 e. The van der Waals surface area contributed by atoms with Gasteiger partial charge in [-0.2, -0.15) is 14.8 Å². The number of hydroxylamine groups is 2. The zero-order chi connectivity index (χ0) is 16.7. The molecule has 1 aromatic heterocycles. The zero-order valence-corrected chi connectivity index (χ0v) is 13.5. The second-order valence-corrected chi connectivity index (χ2v) is 7.24. The van der Waals surface area contributed by atoms with Crippen LogP contribution in [0.25, 0.3) is 5.69 Å². The Labute approximate surface area is 138 Å². The van der Waals surface area contributed by atoms with E-state index in [1.807, 2.05) is 0 Å². The molecule has 2 aliphatic rings. The quantitative estimate of drug-likeness (QED) is 0.821. The van der Waals surface area contributed by atoms with Gasteiger partial charge >= 0.3 is 0 Å². The molecule has 0 bridgehead atoms.